The van der Waals surface area contributed by atoms with Gasteiger partial charge in [-0.05, 0) is 50.1 Å². The summed E-state index contributed by atoms with van der Waals surface area (Å²) in [5, 5.41) is 9.04. The number of nitrogens with two attached hydrogens (primary N) is 1. The van der Waals surface area contributed by atoms with Crippen molar-refractivity contribution in [3.63, 3.8) is 0 Å². The largest absolute Gasteiger partial charge is 1.00 e. The molecule has 0 aromatic heterocycles. The maximum absolute atomic E-state index is 11.8. The molecule has 0 bridgehead atoms. The normalized spacial score (nSPS) is 11.7. The SMILES string of the molecule is Nc1c(N=Nc2c(Br)cc(Br)cc2Br)cc(S(=O)(=O)O)c2ccccc12.[H-].[Na+]. The Bertz CT molecular complexity index is 1150. The molecule has 0 saturated heterocycles. The van der Waals surface area contributed by atoms with Crippen LogP contribution in [0.4, 0.5) is 17.1 Å². The summed E-state index contributed by atoms with van der Waals surface area (Å²) in [7, 11) is -4.46. The predicted molar refractivity (Wildman–Crippen MR) is 113 cm³/mol. The fourth-order valence-electron chi connectivity index (χ4n) is 2.38. The molecule has 0 radical (unpaired) electrons. The van der Waals surface area contributed by atoms with Gasteiger partial charge in [0.2, 0.25) is 0 Å². The zero-order valence-electron chi connectivity index (χ0n) is 14.8. The van der Waals surface area contributed by atoms with E-state index in [9.17, 15) is 13.0 Å². The van der Waals surface area contributed by atoms with E-state index in [1.54, 1.807) is 36.4 Å². The first kappa shape index (κ1) is 23.0. The van der Waals surface area contributed by atoms with Gasteiger partial charge in [0.05, 0.1) is 5.69 Å². The topological polar surface area (TPSA) is 105 Å². The van der Waals surface area contributed by atoms with Crippen LogP contribution in [0.2, 0.25) is 0 Å². The van der Waals surface area contributed by atoms with Crippen molar-refractivity contribution in [1.82, 2.24) is 0 Å². The van der Waals surface area contributed by atoms with Crippen LogP contribution in [-0.4, -0.2) is 13.0 Å². The molecule has 3 N–H and O–H groups in total. The summed E-state index contributed by atoms with van der Waals surface area (Å²) in [5.74, 6) is 0. The molecule has 3 aromatic rings. The van der Waals surface area contributed by atoms with Crippen molar-refractivity contribution in [3.8, 4) is 0 Å². The van der Waals surface area contributed by atoms with E-state index in [4.69, 9.17) is 5.73 Å². The molecule has 0 aliphatic rings. The van der Waals surface area contributed by atoms with Gasteiger partial charge in [0.15, 0.2) is 0 Å². The van der Waals surface area contributed by atoms with Crippen molar-refractivity contribution in [2.45, 2.75) is 4.90 Å². The summed E-state index contributed by atoms with van der Waals surface area (Å²) >= 11 is 10.2. The first-order valence-electron chi connectivity index (χ1n) is 7.03. The predicted octanol–water partition coefficient (Wildman–Crippen LogP) is 3.49. The minimum absolute atomic E-state index is 0. The maximum Gasteiger partial charge on any atom is 1.00 e. The second kappa shape index (κ2) is 9.00. The van der Waals surface area contributed by atoms with Crippen LogP contribution >= 0.6 is 47.8 Å². The van der Waals surface area contributed by atoms with E-state index in [0.29, 0.717) is 25.4 Å². The molecule has 0 amide bonds. The molecule has 3 aromatic carbocycles. The van der Waals surface area contributed by atoms with E-state index >= 15 is 0 Å². The first-order valence-corrected chi connectivity index (χ1v) is 10.9. The van der Waals surface area contributed by atoms with Gasteiger partial charge < -0.3 is 7.16 Å². The number of nitrogens with zero attached hydrogens (tertiary/aromatic N) is 2. The molecule has 0 unspecified atom stereocenters. The summed E-state index contributed by atoms with van der Waals surface area (Å²) in [4.78, 5) is -0.273. The third kappa shape index (κ3) is 4.99. The molecule has 0 atom stereocenters. The molecule has 0 aliphatic heterocycles. The molecule has 27 heavy (non-hydrogen) atoms. The Balaban J connectivity index is 0.00000196. The van der Waals surface area contributed by atoms with Crippen LogP contribution in [0, 0.1) is 0 Å². The van der Waals surface area contributed by atoms with Crippen LogP contribution < -0.4 is 35.3 Å². The van der Waals surface area contributed by atoms with E-state index in [1.165, 1.54) is 6.07 Å². The minimum atomic E-state index is -4.46. The van der Waals surface area contributed by atoms with Crippen LogP contribution in [0.5, 0.6) is 0 Å². The Hall–Kier alpha value is -0.330. The minimum Gasteiger partial charge on any atom is -1.00 e. The Labute approximate surface area is 204 Å². The second-order valence-corrected chi connectivity index (χ2v) is 9.26. The maximum atomic E-state index is 11.8. The van der Waals surface area contributed by atoms with Crippen molar-refractivity contribution in [3.05, 3.63) is 55.9 Å². The molecule has 0 aliphatic carbocycles. The van der Waals surface area contributed by atoms with Crippen molar-refractivity contribution in [1.29, 1.82) is 0 Å². The third-order valence-corrected chi connectivity index (χ3v) is 6.10. The number of nitrogen functional groups attached to an aromatic ring is 1. The van der Waals surface area contributed by atoms with Crippen LogP contribution in [0.25, 0.3) is 10.8 Å². The van der Waals surface area contributed by atoms with Crippen LogP contribution in [0.1, 0.15) is 1.43 Å². The zero-order chi connectivity index (χ0) is 19.1. The average molecular weight is 588 g/mol. The Morgan fingerprint density at radius 3 is 2.07 bits per heavy atom. The second-order valence-electron chi connectivity index (χ2n) is 5.25. The van der Waals surface area contributed by atoms with Gasteiger partial charge in [0.1, 0.15) is 16.3 Å². The van der Waals surface area contributed by atoms with E-state index < -0.39 is 10.1 Å². The number of hydrogen-bond donors (Lipinski definition) is 2. The fourth-order valence-corrected chi connectivity index (χ4v) is 5.51. The van der Waals surface area contributed by atoms with Gasteiger partial charge in [-0.25, -0.2) is 0 Å². The number of halogens is 3. The number of anilines is 1. The van der Waals surface area contributed by atoms with Crippen molar-refractivity contribution >= 4 is 85.7 Å². The summed E-state index contributed by atoms with van der Waals surface area (Å²) < 4.78 is 35.2. The molecular formula is C16H11Br3N3NaO3S. The third-order valence-electron chi connectivity index (χ3n) is 3.54. The van der Waals surface area contributed by atoms with E-state index in [-0.39, 0.29) is 47.3 Å². The molecule has 3 rings (SSSR count). The van der Waals surface area contributed by atoms with Crippen molar-refractivity contribution in [2.24, 2.45) is 10.2 Å². The van der Waals surface area contributed by atoms with Gasteiger partial charge in [0.25, 0.3) is 10.1 Å². The number of hydrogen-bond acceptors (Lipinski definition) is 5. The summed E-state index contributed by atoms with van der Waals surface area (Å²) in [5.41, 5.74) is 7.04. The van der Waals surface area contributed by atoms with Gasteiger partial charge in [-0.15, -0.1) is 10.2 Å². The molecule has 0 fully saturated rings. The number of azo groups is 1. The van der Waals surface area contributed by atoms with E-state index in [2.05, 4.69) is 58.0 Å². The van der Waals surface area contributed by atoms with Gasteiger partial charge in [-0.3, -0.25) is 4.55 Å². The van der Waals surface area contributed by atoms with Crippen molar-refractivity contribution in [2.75, 3.05) is 5.73 Å². The summed E-state index contributed by atoms with van der Waals surface area (Å²) in [6.45, 7) is 0. The molecule has 0 heterocycles. The quantitative estimate of drug-likeness (QED) is 0.212. The summed E-state index contributed by atoms with van der Waals surface area (Å²) in [6.07, 6.45) is 0. The molecule has 11 heteroatoms. The molecule has 0 saturated carbocycles. The van der Waals surface area contributed by atoms with Crippen LogP contribution in [0.15, 0.2) is 71.0 Å². The number of rotatable bonds is 3. The monoisotopic (exact) mass is 585 g/mol. The first-order chi connectivity index (χ1) is 12.2. The van der Waals surface area contributed by atoms with Gasteiger partial charge in [0, 0.05) is 24.2 Å². The van der Waals surface area contributed by atoms with E-state index in [0.717, 1.165) is 4.47 Å². The Morgan fingerprint density at radius 1 is 0.963 bits per heavy atom. The molecular weight excluding hydrogens is 577 g/mol. The smallest absolute Gasteiger partial charge is 1.00 e. The Kier molecular flexibility index (Phi) is 7.65. The zero-order valence-corrected chi connectivity index (χ0v) is 21.4. The van der Waals surface area contributed by atoms with Gasteiger partial charge in [-0.2, -0.15) is 8.42 Å². The molecule has 0 spiro atoms. The fraction of sp³-hybridized carbons (Fsp3) is 0. The van der Waals surface area contributed by atoms with Crippen LogP contribution in [0.3, 0.4) is 0 Å². The van der Waals surface area contributed by atoms with Gasteiger partial charge >= 0.3 is 29.6 Å². The van der Waals surface area contributed by atoms with Gasteiger partial charge in [-0.1, -0.05) is 40.2 Å². The standard InChI is InChI=1S/C16H10Br3N3O3S.Na.H/c17-8-5-11(18)16(12(19)6-8)22-21-13-7-14(26(23,24)25)9-3-1-2-4-10(9)15(13)20;;/h1-7H,20H2,(H,23,24,25);;/q;+1;-1. The van der Waals surface area contributed by atoms with Crippen LogP contribution in [-0.2, 0) is 10.1 Å². The van der Waals surface area contributed by atoms with E-state index in [1.807, 2.05) is 0 Å². The Morgan fingerprint density at radius 2 is 1.52 bits per heavy atom. The average Bonchev–Trinajstić information content (AvgIpc) is 2.54. The summed E-state index contributed by atoms with van der Waals surface area (Å²) in [6, 6.07) is 11.4. The molecule has 136 valence electrons. The van der Waals surface area contributed by atoms with Crippen molar-refractivity contribution < 1.29 is 44.0 Å². The number of benzene rings is 3. The molecule has 6 nitrogen and oxygen atoms in total. The number of fused-ring (bicyclic) bond motifs is 1.